The number of carbonyl (C=O) groups excluding carboxylic acids is 1. The van der Waals surface area contributed by atoms with Gasteiger partial charge in [0.15, 0.2) is 11.2 Å². The molecule has 1 aliphatic rings. The molecule has 0 spiro atoms. The number of thiocarbonyl (C=S) groups is 1. The van der Waals surface area contributed by atoms with E-state index < -0.39 is 6.10 Å². The van der Waals surface area contributed by atoms with E-state index in [1.165, 1.54) is 0 Å². The summed E-state index contributed by atoms with van der Waals surface area (Å²) < 4.78 is 5.86. The highest BCUT2D eigenvalue weighted by Crippen LogP contribution is 2.33. The zero-order valence-electron chi connectivity index (χ0n) is 13.8. The first-order valence-corrected chi connectivity index (χ1v) is 8.67. The number of nitrogens with one attached hydrogen (secondary N) is 2. The van der Waals surface area contributed by atoms with Gasteiger partial charge < -0.3 is 20.3 Å². The summed E-state index contributed by atoms with van der Waals surface area (Å²) >= 11 is 5.52. The Balaban J connectivity index is 2.12. The lowest BCUT2D eigenvalue weighted by atomic mass is 10.2. The second-order valence-electron chi connectivity index (χ2n) is 5.56. The molecule has 126 valence electrons. The van der Waals surface area contributed by atoms with Crippen LogP contribution in [0.15, 0.2) is 24.3 Å². The zero-order chi connectivity index (χ0) is 16.7. The molecule has 0 aliphatic carbocycles. The molecule has 2 N–H and O–H groups in total. The lowest BCUT2D eigenvalue weighted by Crippen LogP contribution is -2.53. The summed E-state index contributed by atoms with van der Waals surface area (Å²) in [5.74, 6) is 0.595. The van der Waals surface area contributed by atoms with Crippen molar-refractivity contribution in [3.63, 3.8) is 0 Å². The van der Waals surface area contributed by atoms with Gasteiger partial charge in [-0.2, -0.15) is 0 Å². The summed E-state index contributed by atoms with van der Waals surface area (Å²) in [4.78, 5) is 14.2. The quantitative estimate of drug-likeness (QED) is 0.618. The number of nitrogens with zero attached hydrogens (tertiary/aromatic N) is 1. The molecule has 0 bridgehead atoms. The molecule has 0 unspecified atom stereocenters. The lowest BCUT2D eigenvalue weighted by Gasteiger charge is -2.35. The largest absolute Gasteiger partial charge is 0.477 e. The van der Waals surface area contributed by atoms with E-state index in [0.717, 1.165) is 31.5 Å². The van der Waals surface area contributed by atoms with Crippen LogP contribution in [0.5, 0.6) is 5.75 Å². The van der Waals surface area contributed by atoms with E-state index in [1.54, 1.807) is 0 Å². The van der Waals surface area contributed by atoms with Gasteiger partial charge >= 0.3 is 0 Å². The number of ether oxygens (including phenoxy) is 1. The highest BCUT2D eigenvalue weighted by molar-refractivity contribution is 7.80. The van der Waals surface area contributed by atoms with Gasteiger partial charge in [0.1, 0.15) is 5.75 Å². The lowest BCUT2D eigenvalue weighted by molar-refractivity contribution is -0.127. The molecule has 1 atom stereocenters. The minimum atomic E-state index is -0.553. The van der Waals surface area contributed by atoms with E-state index in [-0.39, 0.29) is 5.91 Å². The van der Waals surface area contributed by atoms with Gasteiger partial charge in [0, 0.05) is 13.1 Å². The molecule has 0 saturated heterocycles. The number of anilines is 1. The van der Waals surface area contributed by atoms with Gasteiger partial charge in [0.25, 0.3) is 5.91 Å². The standard InChI is InChI=1S/C17H25N3O2S/c1-3-5-11-19-17(23)20-12-15(16(21)18-10-4-2)22-14-9-7-6-8-13(14)20/h6-9,15H,3-5,10-12H2,1-2H3,(H,18,21)(H,19,23)/t15-/m0/s1. The zero-order valence-corrected chi connectivity index (χ0v) is 14.6. The van der Waals surface area contributed by atoms with Crippen LogP contribution < -0.4 is 20.3 Å². The van der Waals surface area contributed by atoms with Gasteiger partial charge in [-0.15, -0.1) is 0 Å². The van der Waals surface area contributed by atoms with Crippen molar-refractivity contribution >= 4 is 28.9 Å². The maximum Gasteiger partial charge on any atom is 0.262 e. The van der Waals surface area contributed by atoms with Crippen LogP contribution in [0.3, 0.4) is 0 Å². The molecule has 1 amide bonds. The fourth-order valence-corrected chi connectivity index (χ4v) is 2.67. The Morgan fingerprint density at radius 3 is 2.78 bits per heavy atom. The molecule has 1 aliphatic heterocycles. The van der Waals surface area contributed by atoms with Crippen molar-refractivity contribution in [3.8, 4) is 5.75 Å². The fourth-order valence-electron chi connectivity index (χ4n) is 2.39. The highest BCUT2D eigenvalue weighted by Gasteiger charge is 2.32. The van der Waals surface area contributed by atoms with Crippen molar-refractivity contribution in [2.75, 3.05) is 24.5 Å². The molecule has 0 saturated carbocycles. The third-order valence-electron chi connectivity index (χ3n) is 3.67. The van der Waals surface area contributed by atoms with Crippen LogP contribution >= 0.6 is 12.2 Å². The Kier molecular flexibility index (Phi) is 6.65. The van der Waals surface area contributed by atoms with Gasteiger partial charge in [-0.3, -0.25) is 4.79 Å². The Labute approximate surface area is 143 Å². The van der Waals surface area contributed by atoms with Crippen LogP contribution in [-0.4, -0.2) is 36.8 Å². The van der Waals surface area contributed by atoms with E-state index in [2.05, 4.69) is 17.6 Å². The molecule has 0 aromatic heterocycles. The van der Waals surface area contributed by atoms with Crippen LogP contribution in [0.2, 0.25) is 0 Å². The maximum absolute atomic E-state index is 12.3. The number of carbonyl (C=O) groups is 1. The Bertz CT molecular complexity index is 550. The van der Waals surface area contributed by atoms with Gasteiger partial charge in [-0.25, -0.2) is 0 Å². The van der Waals surface area contributed by atoms with Gasteiger partial charge in [-0.05, 0) is 37.2 Å². The topological polar surface area (TPSA) is 53.6 Å². The van der Waals surface area contributed by atoms with Gasteiger partial charge in [-0.1, -0.05) is 32.4 Å². The third-order valence-corrected chi connectivity index (χ3v) is 4.03. The molecule has 2 rings (SSSR count). The first-order valence-electron chi connectivity index (χ1n) is 8.26. The summed E-state index contributed by atoms with van der Waals surface area (Å²) in [6.07, 6.45) is 2.52. The van der Waals surface area contributed by atoms with E-state index in [9.17, 15) is 4.79 Å². The molecule has 1 aromatic rings. The van der Waals surface area contributed by atoms with Gasteiger partial charge in [0.2, 0.25) is 0 Å². The van der Waals surface area contributed by atoms with Crippen LogP contribution in [0.4, 0.5) is 5.69 Å². The first-order chi connectivity index (χ1) is 11.2. The number of rotatable bonds is 6. The van der Waals surface area contributed by atoms with Crippen molar-refractivity contribution in [2.45, 2.75) is 39.2 Å². The van der Waals surface area contributed by atoms with E-state index in [4.69, 9.17) is 17.0 Å². The van der Waals surface area contributed by atoms with Crippen molar-refractivity contribution in [1.82, 2.24) is 10.6 Å². The summed E-state index contributed by atoms with van der Waals surface area (Å²) in [5.41, 5.74) is 0.904. The number of unbranched alkanes of at least 4 members (excludes halogenated alkanes) is 1. The smallest absolute Gasteiger partial charge is 0.262 e. The number of amides is 1. The number of hydrogen-bond acceptors (Lipinski definition) is 3. The fraction of sp³-hybridized carbons (Fsp3) is 0.529. The van der Waals surface area contributed by atoms with Crippen LogP contribution in [-0.2, 0) is 4.79 Å². The third kappa shape index (κ3) is 4.58. The van der Waals surface area contributed by atoms with E-state index in [0.29, 0.717) is 24.0 Å². The summed E-state index contributed by atoms with van der Waals surface area (Å²) in [6, 6.07) is 7.68. The minimum Gasteiger partial charge on any atom is -0.477 e. The normalized spacial score (nSPS) is 16.3. The number of para-hydroxylation sites is 2. The maximum atomic E-state index is 12.3. The number of hydrogen-bond donors (Lipinski definition) is 2. The molecule has 1 aromatic carbocycles. The molecular formula is C17H25N3O2S. The van der Waals surface area contributed by atoms with Crippen molar-refractivity contribution in [1.29, 1.82) is 0 Å². The first kappa shape index (κ1) is 17.5. The van der Waals surface area contributed by atoms with Crippen molar-refractivity contribution in [2.24, 2.45) is 0 Å². The molecule has 0 radical (unpaired) electrons. The summed E-state index contributed by atoms with van der Waals surface area (Å²) in [7, 11) is 0. The highest BCUT2D eigenvalue weighted by atomic mass is 32.1. The van der Waals surface area contributed by atoms with Crippen LogP contribution in [0.1, 0.15) is 33.1 Å². The predicted molar refractivity (Wildman–Crippen MR) is 97.0 cm³/mol. The Morgan fingerprint density at radius 2 is 2.04 bits per heavy atom. The molecule has 0 fully saturated rings. The molecule has 23 heavy (non-hydrogen) atoms. The molecular weight excluding hydrogens is 310 g/mol. The molecule has 1 heterocycles. The van der Waals surface area contributed by atoms with E-state index in [1.807, 2.05) is 36.1 Å². The summed E-state index contributed by atoms with van der Waals surface area (Å²) in [6.45, 7) is 6.07. The second-order valence-corrected chi connectivity index (χ2v) is 5.95. The van der Waals surface area contributed by atoms with Crippen molar-refractivity contribution in [3.05, 3.63) is 24.3 Å². The van der Waals surface area contributed by atoms with Crippen LogP contribution in [0, 0.1) is 0 Å². The average Bonchev–Trinajstić information content (AvgIpc) is 2.58. The minimum absolute atomic E-state index is 0.0947. The van der Waals surface area contributed by atoms with Gasteiger partial charge in [0.05, 0.1) is 12.2 Å². The summed E-state index contributed by atoms with van der Waals surface area (Å²) in [5, 5.41) is 6.80. The SMILES string of the molecule is CCCCNC(=S)N1C[C@@H](C(=O)NCCC)Oc2ccccc21. The number of benzene rings is 1. The van der Waals surface area contributed by atoms with E-state index >= 15 is 0 Å². The molecule has 5 nitrogen and oxygen atoms in total. The second kappa shape index (κ2) is 8.72. The Hall–Kier alpha value is -1.82. The monoisotopic (exact) mass is 335 g/mol. The van der Waals surface area contributed by atoms with Crippen LogP contribution in [0.25, 0.3) is 0 Å². The predicted octanol–water partition coefficient (Wildman–Crippen LogP) is 2.45. The molecule has 6 heteroatoms. The number of fused-ring (bicyclic) bond motifs is 1. The Morgan fingerprint density at radius 1 is 1.26 bits per heavy atom. The average molecular weight is 335 g/mol. The van der Waals surface area contributed by atoms with Crippen molar-refractivity contribution < 1.29 is 9.53 Å².